The molecule has 0 N–H and O–H groups in total. The molecule has 12 heavy (non-hydrogen) atoms. The lowest BCUT2D eigenvalue weighted by atomic mass is 10.4. The van der Waals surface area contributed by atoms with Crippen LogP contribution in [0.15, 0.2) is 18.5 Å². The van der Waals surface area contributed by atoms with Crippen molar-refractivity contribution in [2.75, 3.05) is 0 Å². The van der Waals surface area contributed by atoms with E-state index in [-0.39, 0.29) is 5.82 Å². The second-order valence-corrected chi connectivity index (χ2v) is 2.97. The minimum atomic E-state index is -0.353. The molecule has 0 amide bonds. The lowest BCUT2D eigenvalue weighted by molar-refractivity contribution is 0.618. The van der Waals surface area contributed by atoms with Gasteiger partial charge < -0.3 is 0 Å². The minimum Gasteiger partial charge on any atom is -0.300 e. The minimum absolute atomic E-state index is 0.353. The van der Waals surface area contributed by atoms with Gasteiger partial charge in [-0.05, 0) is 13.0 Å². The Bertz CT molecular complexity index is 436. The molecule has 0 bridgehead atoms. The summed E-state index contributed by atoms with van der Waals surface area (Å²) in [6.07, 6.45) is 2.99. The number of nitrogens with zero attached hydrogens (tertiary/aromatic N) is 2. The van der Waals surface area contributed by atoms with Crippen molar-refractivity contribution < 1.29 is 4.39 Å². The zero-order valence-corrected chi connectivity index (χ0v) is 7.14. The van der Waals surface area contributed by atoms with Crippen LogP contribution >= 0.6 is 11.6 Å². The van der Waals surface area contributed by atoms with Crippen molar-refractivity contribution in [3.63, 3.8) is 0 Å². The van der Waals surface area contributed by atoms with E-state index in [9.17, 15) is 4.39 Å². The Morgan fingerprint density at radius 2 is 2.33 bits per heavy atom. The van der Waals surface area contributed by atoms with Crippen molar-refractivity contribution in [3.8, 4) is 0 Å². The first kappa shape index (κ1) is 7.55. The third-order valence-electron chi connectivity index (χ3n) is 1.74. The molecule has 0 aromatic carbocycles. The Hall–Kier alpha value is -1.09. The van der Waals surface area contributed by atoms with Gasteiger partial charge in [0.05, 0.1) is 16.7 Å². The molecule has 0 atom stereocenters. The summed E-state index contributed by atoms with van der Waals surface area (Å²) in [7, 11) is 0. The number of halogens is 2. The van der Waals surface area contributed by atoms with E-state index >= 15 is 0 Å². The summed E-state index contributed by atoms with van der Waals surface area (Å²) in [5, 5.41) is 0.385. The maximum Gasteiger partial charge on any atom is 0.141 e. The lowest BCUT2D eigenvalue weighted by Gasteiger charge is -1.97. The van der Waals surface area contributed by atoms with E-state index in [0.29, 0.717) is 5.02 Å². The molecule has 0 aliphatic rings. The number of rotatable bonds is 0. The van der Waals surface area contributed by atoms with E-state index in [1.54, 1.807) is 17.5 Å². The van der Waals surface area contributed by atoms with Crippen molar-refractivity contribution in [3.05, 3.63) is 35.1 Å². The molecule has 2 aromatic rings. The first-order chi connectivity index (χ1) is 5.68. The highest BCUT2D eigenvalue weighted by molar-refractivity contribution is 6.33. The normalized spacial score (nSPS) is 10.9. The van der Waals surface area contributed by atoms with Crippen LogP contribution in [0.4, 0.5) is 4.39 Å². The Morgan fingerprint density at radius 3 is 3.08 bits per heavy atom. The van der Waals surface area contributed by atoms with Gasteiger partial charge in [0.2, 0.25) is 0 Å². The monoisotopic (exact) mass is 184 g/mol. The predicted octanol–water partition coefficient (Wildman–Crippen LogP) is 2.44. The number of hydrogen-bond donors (Lipinski definition) is 0. The van der Waals surface area contributed by atoms with Crippen molar-refractivity contribution in [2.45, 2.75) is 6.92 Å². The fourth-order valence-corrected chi connectivity index (χ4v) is 1.39. The third-order valence-corrected chi connectivity index (χ3v) is 2.05. The number of imidazole rings is 1. The highest BCUT2D eigenvalue weighted by Crippen LogP contribution is 2.19. The third kappa shape index (κ3) is 0.975. The summed E-state index contributed by atoms with van der Waals surface area (Å²) in [5.74, 6) is 0.375. The Balaban J connectivity index is 2.92. The number of hydrogen-bond acceptors (Lipinski definition) is 1. The zero-order chi connectivity index (χ0) is 8.72. The molecule has 0 saturated carbocycles. The van der Waals surface area contributed by atoms with Gasteiger partial charge >= 0.3 is 0 Å². The molecule has 0 spiro atoms. The van der Waals surface area contributed by atoms with Crippen LogP contribution in [0.3, 0.4) is 0 Å². The van der Waals surface area contributed by atoms with E-state index in [1.807, 2.05) is 0 Å². The van der Waals surface area contributed by atoms with Crippen molar-refractivity contribution in [1.82, 2.24) is 9.38 Å². The van der Waals surface area contributed by atoms with Crippen molar-refractivity contribution in [2.24, 2.45) is 0 Å². The molecule has 0 radical (unpaired) electrons. The van der Waals surface area contributed by atoms with Gasteiger partial charge in [-0.15, -0.1) is 0 Å². The first-order valence-corrected chi connectivity index (χ1v) is 3.85. The fraction of sp³-hybridized carbons (Fsp3) is 0.125. The van der Waals surface area contributed by atoms with E-state index in [4.69, 9.17) is 11.6 Å². The molecule has 62 valence electrons. The summed E-state index contributed by atoms with van der Waals surface area (Å²) in [6.45, 7) is 1.79. The highest BCUT2D eigenvalue weighted by Gasteiger charge is 2.04. The van der Waals surface area contributed by atoms with Gasteiger partial charge in [-0.2, -0.15) is 0 Å². The molecule has 2 aromatic heterocycles. The summed E-state index contributed by atoms with van der Waals surface area (Å²) < 4.78 is 14.4. The number of aromatic nitrogens is 2. The van der Waals surface area contributed by atoms with Gasteiger partial charge in [0, 0.05) is 6.20 Å². The molecular formula is C8H6ClFN2. The van der Waals surface area contributed by atoms with Crippen LogP contribution in [0.2, 0.25) is 5.02 Å². The van der Waals surface area contributed by atoms with Crippen LogP contribution in [0.25, 0.3) is 5.52 Å². The SMILES string of the molecule is Cc1ncc2c(Cl)cc(F)cn12. The fourth-order valence-electron chi connectivity index (χ4n) is 1.15. The standard InChI is InChI=1S/C8H6ClFN2/c1-5-11-3-8-7(9)2-6(10)4-12(5)8/h2-4H,1H3. The maximum absolute atomic E-state index is 12.8. The largest absolute Gasteiger partial charge is 0.300 e. The van der Waals surface area contributed by atoms with Crippen molar-refractivity contribution in [1.29, 1.82) is 0 Å². The molecule has 0 fully saturated rings. The molecule has 0 aliphatic carbocycles. The van der Waals surface area contributed by atoms with Gasteiger partial charge in [-0.1, -0.05) is 11.6 Å². The highest BCUT2D eigenvalue weighted by atomic mass is 35.5. The number of aryl methyl sites for hydroxylation is 1. The van der Waals surface area contributed by atoms with Crippen LogP contribution in [0.5, 0.6) is 0 Å². The van der Waals surface area contributed by atoms with Gasteiger partial charge in [-0.25, -0.2) is 9.37 Å². The molecule has 0 saturated heterocycles. The van der Waals surface area contributed by atoms with E-state index in [1.165, 1.54) is 12.3 Å². The van der Waals surface area contributed by atoms with Crippen LogP contribution in [-0.4, -0.2) is 9.38 Å². The van der Waals surface area contributed by atoms with Gasteiger partial charge in [0.15, 0.2) is 0 Å². The molecular weight excluding hydrogens is 179 g/mol. The maximum atomic E-state index is 12.8. The summed E-state index contributed by atoms with van der Waals surface area (Å²) in [5.41, 5.74) is 0.732. The van der Waals surface area contributed by atoms with Gasteiger partial charge in [0.25, 0.3) is 0 Å². The van der Waals surface area contributed by atoms with Crippen LogP contribution < -0.4 is 0 Å². The van der Waals surface area contributed by atoms with Crippen LogP contribution in [0, 0.1) is 12.7 Å². The van der Waals surface area contributed by atoms with Crippen LogP contribution in [0.1, 0.15) is 5.82 Å². The zero-order valence-electron chi connectivity index (χ0n) is 6.38. The Kier molecular flexibility index (Phi) is 1.54. The van der Waals surface area contributed by atoms with Gasteiger partial charge in [0.1, 0.15) is 11.6 Å². The summed E-state index contributed by atoms with van der Waals surface area (Å²) in [4.78, 5) is 4.01. The lowest BCUT2D eigenvalue weighted by Crippen LogP contribution is -1.89. The van der Waals surface area contributed by atoms with Crippen LogP contribution in [-0.2, 0) is 0 Å². The Morgan fingerprint density at radius 1 is 1.58 bits per heavy atom. The quantitative estimate of drug-likeness (QED) is 0.615. The molecule has 0 aliphatic heterocycles. The average molecular weight is 185 g/mol. The summed E-state index contributed by atoms with van der Waals surface area (Å²) in [6, 6.07) is 1.28. The summed E-state index contributed by atoms with van der Waals surface area (Å²) >= 11 is 5.77. The molecule has 4 heteroatoms. The predicted molar refractivity (Wildman–Crippen MR) is 44.9 cm³/mol. The second-order valence-electron chi connectivity index (χ2n) is 2.57. The van der Waals surface area contributed by atoms with Gasteiger partial charge in [-0.3, -0.25) is 4.40 Å². The average Bonchev–Trinajstić information content (AvgIpc) is 2.33. The van der Waals surface area contributed by atoms with E-state index in [0.717, 1.165) is 11.3 Å². The number of fused-ring (bicyclic) bond motifs is 1. The van der Waals surface area contributed by atoms with E-state index in [2.05, 4.69) is 4.98 Å². The first-order valence-electron chi connectivity index (χ1n) is 3.47. The Labute approximate surface area is 73.6 Å². The molecule has 0 unspecified atom stereocenters. The molecule has 2 nitrogen and oxygen atoms in total. The second kappa shape index (κ2) is 2.45. The van der Waals surface area contributed by atoms with E-state index < -0.39 is 0 Å². The number of pyridine rings is 1. The molecule has 2 rings (SSSR count). The smallest absolute Gasteiger partial charge is 0.141 e. The van der Waals surface area contributed by atoms with Crippen molar-refractivity contribution >= 4 is 17.1 Å². The topological polar surface area (TPSA) is 17.3 Å². The molecule has 2 heterocycles.